The van der Waals surface area contributed by atoms with Crippen molar-refractivity contribution in [3.8, 4) is 0 Å². The average molecular weight is 224 g/mol. The first-order valence-corrected chi connectivity index (χ1v) is 7.26. The molecule has 1 heterocycles. The zero-order chi connectivity index (χ0) is 11.4. The van der Waals surface area contributed by atoms with Crippen LogP contribution in [0.5, 0.6) is 0 Å². The highest BCUT2D eigenvalue weighted by Crippen LogP contribution is 2.35. The van der Waals surface area contributed by atoms with E-state index >= 15 is 0 Å². The van der Waals surface area contributed by atoms with Gasteiger partial charge >= 0.3 is 0 Å². The summed E-state index contributed by atoms with van der Waals surface area (Å²) in [5, 5.41) is 3.45. The predicted molar refractivity (Wildman–Crippen MR) is 69.7 cm³/mol. The summed E-state index contributed by atoms with van der Waals surface area (Å²) in [5.41, 5.74) is 0. The molecule has 2 unspecified atom stereocenters. The summed E-state index contributed by atoms with van der Waals surface area (Å²) >= 11 is 0. The van der Waals surface area contributed by atoms with E-state index in [1.807, 2.05) is 0 Å². The second-order valence-corrected chi connectivity index (χ2v) is 5.64. The van der Waals surface area contributed by atoms with Crippen LogP contribution in [0.4, 0.5) is 0 Å². The van der Waals surface area contributed by atoms with E-state index in [9.17, 15) is 0 Å². The zero-order valence-corrected chi connectivity index (χ0v) is 11.0. The minimum absolute atomic E-state index is 0.696. The third kappa shape index (κ3) is 2.78. The molecule has 2 aliphatic rings. The van der Waals surface area contributed by atoms with Gasteiger partial charge in [0.1, 0.15) is 0 Å². The molecule has 0 amide bonds. The number of nitrogens with zero attached hydrogens (tertiary/aromatic N) is 1. The van der Waals surface area contributed by atoms with Gasteiger partial charge in [0.05, 0.1) is 0 Å². The lowest BCUT2D eigenvalue weighted by atomic mass is 9.95. The van der Waals surface area contributed by atoms with Gasteiger partial charge in [0, 0.05) is 18.6 Å². The van der Waals surface area contributed by atoms with Crippen molar-refractivity contribution in [1.82, 2.24) is 10.2 Å². The zero-order valence-electron chi connectivity index (χ0n) is 11.0. The Kier molecular flexibility index (Phi) is 4.66. The highest BCUT2D eigenvalue weighted by atomic mass is 15.2. The monoisotopic (exact) mass is 224 g/mol. The smallest absolute Gasteiger partial charge is 0.0189 e. The van der Waals surface area contributed by atoms with Crippen molar-refractivity contribution in [2.45, 2.75) is 64.0 Å². The Morgan fingerprint density at radius 1 is 1.19 bits per heavy atom. The van der Waals surface area contributed by atoms with E-state index in [0.29, 0.717) is 6.04 Å². The maximum atomic E-state index is 3.45. The van der Waals surface area contributed by atoms with Crippen molar-refractivity contribution in [1.29, 1.82) is 0 Å². The Morgan fingerprint density at radius 3 is 2.56 bits per heavy atom. The van der Waals surface area contributed by atoms with Gasteiger partial charge in [0.2, 0.25) is 0 Å². The molecule has 1 aliphatic heterocycles. The molecule has 0 aromatic carbocycles. The average Bonchev–Trinajstić information content (AvgIpc) is 2.95. The van der Waals surface area contributed by atoms with Gasteiger partial charge in [-0.1, -0.05) is 19.8 Å². The number of nitrogens with one attached hydrogen (secondary N) is 1. The van der Waals surface area contributed by atoms with E-state index in [-0.39, 0.29) is 0 Å². The molecule has 0 aromatic rings. The molecule has 1 saturated heterocycles. The third-order valence-corrected chi connectivity index (χ3v) is 4.71. The van der Waals surface area contributed by atoms with Crippen molar-refractivity contribution >= 4 is 0 Å². The predicted octanol–water partition coefficient (Wildman–Crippen LogP) is 2.64. The summed E-state index contributed by atoms with van der Waals surface area (Å²) in [7, 11) is 2.11. The SMILES string of the molecule is CCC(CN1CCCC1C1CCCC1)NC. The molecular formula is C14H28N2. The molecule has 2 rings (SSSR count). The molecule has 1 saturated carbocycles. The van der Waals surface area contributed by atoms with Crippen LogP contribution < -0.4 is 5.32 Å². The third-order valence-electron chi connectivity index (χ3n) is 4.71. The van der Waals surface area contributed by atoms with E-state index in [2.05, 4.69) is 24.2 Å². The van der Waals surface area contributed by atoms with E-state index in [4.69, 9.17) is 0 Å². The molecule has 16 heavy (non-hydrogen) atoms. The van der Waals surface area contributed by atoms with Gasteiger partial charge in [0.25, 0.3) is 0 Å². The highest BCUT2D eigenvalue weighted by Gasteiger charge is 2.33. The van der Waals surface area contributed by atoms with Crippen LogP contribution >= 0.6 is 0 Å². The Labute approximate surface area is 101 Å². The van der Waals surface area contributed by atoms with Crippen LogP contribution in [-0.2, 0) is 0 Å². The van der Waals surface area contributed by atoms with Crippen LogP contribution in [0.3, 0.4) is 0 Å². The lowest BCUT2D eigenvalue weighted by molar-refractivity contribution is 0.173. The maximum Gasteiger partial charge on any atom is 0.0189 e. The summed E-state index contributed by atoms with van der Waals surface area (Å²) in [4.78, 5) is 2.78. The van der Waals surface area contributed by atoms with Crippen LogP contribution in [0.25, 0.3) is 0 Å². The Balaban J connectivity index is 1.87. The number of hydrogen-bond donors (Lipinski definition) is 1. The van der Waals surface area contributed by atoms with Crippen molar-refractivity contribution in [3.05, 3.63) is 0 Å². The first-order valence-electron chi connectivity index (χ1n) is 7.26. The first kappa shape index (κ1) is 12.4. The fourth-order valence-corrected chi connectivity index (χ4v) is 3.66. The van der Waals surface area contributed by atoms with Crippen molar-refractivity contribution < 1.29 is 0 Å². The van der Waals surface area contributed by atoms with Gasteiger partial charge < -0.3 is 5.32 Å². The van der Waals surface area contributed by atoms with Crippen molar-refractivity contribution in [2.75, 3.05) is 20.1 Å². The molecule has 2 atom stereocenters. The largest absolute Gasteiger partial charge is 0.316 e. The highest BCUT2D eigenvalue weighted by molar-refractivity contribution is 4.89. The molecular weight excluding hydrogens is 196 g/mol. The molecule has 0 spiro atoms. The minimum Gasteiger partial charge on any atom is -0.316 e. The summed E-state index contributed by atoms with van der Waals surface area (Å²) in [6, 6.07) is 1.62. The molecule has 94 valence electrons. The molecule has 1 N–H and O–H groups in total. The summed E-state index contributed by atoms with van der Waals surface area (Å²) in [5.74, 6) is 1.02. The second-order valence-electron chi connectivity index (χ2n) is 5.64. The topological polar surface area (TPSA) is 15.3 Å². The normalized spacial score (nSPS) is 30.0. The van der Waals surface area contributed by atoms with E-state index in [0.717, 1.165) is 12.0 Å². The Hall–Kier alpha value is -0.0800. The van der Waals surface area contributed by atoms with Crippen LogP contribution in [0, 0.1) is 5.92 Å². The van der Waals surface area contributed by atoms with Gasteiger partial charge in [-0.25, -0.2) is 0 Å². The lowest BCUT2D eigenvalue weighted by Crippen LogP contribution is -2.43. The molecule has 2 nitrogen and oxygen atoms in total. The quantitative estimate of drug-likeness (QED) is 0.772. The van der Waals surface area contributed by atoms with Gasteiger partial charge in [-0.2, -0.15) is 0 Å². The minimum atomic E-state index is 0.696. The molecule has 2 fully saturated rings. The van der Waals surface area contributed by atoms with Crippen LogP contribution in [0.2, 0.25) is 0 Å². The van der Waals surface area contributed by atoms with E-state index < -0.39 is 0 Å². The number of rotatable bonds is 5. The van der Waals surface area contributed by atoms with Crippen LogP contribution in [-0.4, -0.2) is 37.1 Å². The number of likely N-dealkylation sites (N-methyl/N-ethyl adjacent to an activating group) is 1. The maximum absolute atomic E-state index is 3.45. The Morgan fingerprint density at radius 2 is 1.94 bits per heavy atom. The summed E-state index contributed by atoms with van der Waals surface area (Å²) < 4.78 is 0. The number of likely N-dealkylation sites (tertiary alicyclic amines) is 1. The summed E-state index contributed by atoms with van der Waals surface area (Å²) in [6.07, 6.45) is 10.1. The molecule has 2 heteroatoms. The van der Waals surface area contributed by atoms with Crippen LogP contribution in [0.15, 0.2) is 0 Å². The van der Waals surface area contributed by atoms with Crippen molar-refractivity contribution in [2.24, 2.45) is 5.92 Å². The van der Waals surface area contributed by atoms with Gasteiger partial charge in [0.15, 0.2) is 0 Å². The number of hydrogen-bond acceptors (Lipinski definition) is 2. The molecule has 1 aliphatic carbocycles. The molecule has 0 aromatic heterocycles. The van der Waals surface area contributed by atoms with Crippen molar-refractivity contribution in [3.63, 3.8) is 0 Å². The second kappa shape index (κ2) is 6.02. The fourth-order valence-electron chi connectivity index (χ4n) is 3.66. The summed E-state index contributed by atoms with van der Waals surface area (Å²) in [6.45, 7) is 4.91. The van der Waals surface area contributed by atoms with Gasteiger partial charge in [-0.3, -0.25) is 4.90 Å². The Bertz CT molecular complexity index is 195. The fraction of sp³-hybridized carbons (Fsp3) is 1.00. The molecule has 0 radical (unpaired) electrons. The van der Waals surface area contributed by atoms with Gasteiger partial charge in [-0.15, -0.1) is 0 Å². The van der Waals surface area contributed by atoms with Gasteiger partial charge in [-0.05, 0) is 51.6 Å². The van der Waals surface area contributed by atoms with Crippen LogP contribution in [0.1, 0.15) is 51.9 Å². The standard InChI is InChI=1S/C14H28N2/c1-3-13(15-2)11-16-10-6-9-14(16)12-7-4-5-8-12/h12-15H,3-11H2,1-2H3. The first-order chi connectivity index (χ1) is 7.85. The van der Waals surface area contributed by atoms with E-state index in [1.54, 1.807) is 0 Å². The van der Waals surface area contributed by atoms with E-state index in [1.165, 1.54) is 58.0 Å². The lowest BCUT2D eigenvalue weighted by Gasteiger charge is -2.32. The molecule has 0 bridgehead atoms.